The van der Waals surface area contributed by atoms with Gasteiger partial charge in [-0.2, -0.15) is 0 Å². The molecule has 1 aliphatic heterocycles. The predicted octanol–water partition coefficient (Wildman–Crippen LogP) is 1.97. The van der Waals surface area contributed by atoms with Gasteiger partial charge in [-0.1, -0.05) is 6.92 Å². The highest BCUT2D eigenvalue weighted by atomic mass is 19.1. The summed E-state index contributed by atoms with van der Waals surface area (Å²) in [4.78, 5) is 18.6. The van der Waals surface area contributed by atoms with Crippen LogP contribution in [0.1, 0.15) is 29.8 Å². The molecule has 2 aromatic rings. The molecule has 1 fully saturated rings. The molecule has 0 bridgehead atoms. The first-order valence-electron chi connectivity index (χ1n) is 7.69. The van der Waals surface area contributed by atoms with E-state index in [1.165, 1.54) is 12.1 Å². The van der Waals surface area contributed by atoms with Crippen LogP contribution in [-0.4, -0.2) is 51.4 Å². The summed E-state index contributed by atoms with van der Waals surface area (Å²) in [5, 5.41) is 4.29. The number of nitrogens with zero attached hydrogens (tertiary/aromatic N) is 4. The third-order valence-corrected chi connectivity index (χ3v) is 3.91. The summed E-state index contributed by atoms with van der Waals surface area (Å²) >= 11 is 0. The summed E-state index contributed by atoms with van der Waals surface area (Å²) in [6.45, 7) is 5.42. The highest BCUT2D eigenvalue weighted by molar-refractivity contribution is 5.90. The lowest BCUT2D eigenvalue weighted by Crippen LogP contribution is -2.45. The molecule has 122 valence electrons. The van der Waals surface area contributed by atoms with Gasteiger partial charge in [0.1, 0.15) is 11.6 Å². The molecule has 1 aromatic heterocycles. The lowest BCUT2D eigenvalue weighted by Gasteiger charge is -2.31. The van der Waals surface area contributed by atoms with Crippen molar-refractivity contribution >= 4 is 5.91 Å². The van der Waals surface area contributed by atoms with Gasteiger partial charge in [0.05, 0.1) is 18.4 Å². The van der Waals surface area contributed by atoms with E-state index in [1.54, 1.807) is 28.6 Å². The Kier molecular flexibility index (Phi) is 4.38. The molecule has 0 radical (unpaired) electrons. The normalized spacial score (nSPS) is 18.2. The van der Waals surface area contributed by atoms with Crippen molar-refractivity contribution in [2.45, 2.75) is 26.4 Å². The molecule has 0 spiro atoms. The summed E-state index contributed by atoms with van der Waals surface area (Å²) in [5.74, 6) is 0.223. The van der Waals surface area contributed by atoms with E-state index in [2.05, 4.69) is 10.1 Å². The summed E-state index contributed by atoms with van der Waals surface area (Å²) in [5.41, 5.74) is 0.670. The van der Waals surface area contributed by atoms with Crippen LogP contribution >= 0.6 is 0 Å². The summed E-state index contributed by atoms with van der Waals surface area (Å²) in [7, 11) is 0. The van der Waals surface area contributed by atoms with E-state index in [1.807, 2.05) is 6.92 Å². The minimum absolute atomic E-state index is 0.0629. The first kappa shape index (κ1) is 15.6. The van der Waals surface area contributed by atoms with Gasteiger partial charge in [0, 0.05) is 13.1 Å². The third kappa shape index (κ3) is 3.24. The molecule has 1 amide bonds. The maximum atomic E-state index is 13.0. The van der Waals surface area contributed by atoms with Gasteiger partial charge in [0.2, 0.25) is 5.82 Å². The first-order chi connectivity index (χ1) is 11.1. The lowest BCUT2D eigenvalue weighted by atomic mass is 10.2. The summed E-state index contributed by atoms with van der Waals surface area (Å²) in [6, 6.07) is 5.91. The van der Waals surface area contributed by atoms with Crippen molar-refractivity contribution in [3.8, 4) is 5.69 Å². The first-order valence-corrected chi connectivity index (χ1v) is 7.69. The van der Waals surface area contributed by atoms with Crippen LogP contribution in [0.2, 0.25) is 0 Å². The number of aromatic nitrogens is 3. The fraction of sp³-hybridized carbons (Fsp3) is 0.438. The molecular formula is C16H19FN4O2. The van der Waals surface area contributed by atoms with Gasteiger partial charge < -0.3 is 9.64 Å². The number of rotatable bonds is 3. The standard InChI is InChI=1S/C16H19FN4O2/c1-3-14-10-20(8-9-23-14)16(22)15-18-11(2)21(19-15)13-6-4-12(17)5-7-13/h4-7,14H,3,8-10H2,1-2H3/t14-/m1/s1. The molecule has 1 aliphatic rings. The number of aryl methyl sites for hydroxylation is 1. The van der Waals surface area contributed by atoms with Gasteiger partial charge in [0.25, 0.3) is 5.91 Å². The molecule has 0 unspecified atom stereocenters. The molecular weight excluding hydrogens is 299 g/mol. The van der Waals surface area contributed by atoms with E-state index < -0.39 is 0 Å². The van der Waals surface area contributed by atoms with Gasteiger partial charge >= 0.3 is 0 Å². The molecule has 7 heteroatoms. The maximum absolute atomic E-state index is 13.0. The van der Waals surface area contributed by atoms with Gasteiger partial charge in [-0.25, -0.2) is 14.1 Å². The minimum Gasteiger partial charge on any atom is -0.375 e. The molecule has 1 atom stereocenters. The molecule has 1 saturated heterocycles. The Morgan fingerprint density at radius 1 is 1.39 bits per heavy atom. The highest BCUT2D eigenvalue weighted by Gasteiger charge is 2.27. The van der Waals surface area contributed by atoms with Crippen LogP contribution in [0, 0.1) is 12.7 Å². The van der Waals surface area contributed by atoms with Gasteiger partial charge in [-0.3, -0.25) is 4.79 Å². The van der Waals surface area contributed by atoms with Crippen LogP contribution in [0.4, 0.5) is 4.39 Å². The number of carbonyl (C=O) groups is 1. The zero-order valence-corrected chi connectivity index (χ0v) is 13.2. The van der Waals surface area contributed by atoms with Crippen molar-refractivity contribution in [2.24, 2.45) is 0 Å². The van der Waals surface area contributed by atoms with Crippen molar-refractivity contribution in [3.05, 3.63) is 41.7 Å². The third-order valence-electron chi connectivity index (χ3n) is 3.91. The Bertz CT molecular complexity index is 699. The van der Waals surface area contributed by atoms with Crippen molar-refractivity contribution in [3.63, 3.8) is 0 Å². The number of ether oxygens (including phenoxy) is 1. The molecule has 0 aliphatic carbocycles. The molecule has 0 N–H and O–H groups in total. The van der Waals surface area contributed by atoms with Crippen molar-refractivity contribution in [1.82, 2.24) is 19.7 Å². The van der Waals surface area contributed by atoms with Crippen LogP contribution in [0.5, 0.6) is 0 Å². The molecule has 2 heterocycles. The second-order valence-corrected chi connectivity index (χ2v) is 5.52. The number of amides is 1. The monoisotopic (exact) mass is 318 g/mol. The topological polar surface area (TPSA) is 60.2 Å². The Hall–Kier alpha value is -2.28. The van der Waals surface area contributed by atoms with Crippen LogP contribution < -0.4 is 0 Å². The van der Waals surface area contributed by atoms with Crippen molar-refractivity contribution < 1.29 is 13.9 Å². The number of hydrogen-bond donors (Lipinski definition) is 0. The van der Waals surface area contributed by atoms with Gasteiger partial charge in [0.15, 0.2) is 0 Å². The number of halogens is 1. The van der Waals surface area contributed by atoms with E-state index in [-0.39, 0.29) is 23.7 Å². The Morgan fingerprint density at radius 3 is 2.83 bits per heavy atom. The quantitative estimate of drug-likeness (QED) is 0.868. The van der Waals surface area contributed by atoms with Crippen molar-refractivity contribution in [1.29, 1.82) is 0 Å². The van der Waals surface area contributed by atoms with Gasteiger partial charge in [-0.05, 0) is 37.6 Å². The van der Waals surface area contributed by atoms with E-state index in [4.69, 9.17) is 4.74 Å². The molecule has 1 aromatic carbocycles. The largest absolute Gasteiger partial charge is 0.375 e. The molecule has 6 nitrogen and oxygen atoms in total. The number of morpholine rings is 1. The average molecular weight is 318 g/mol. The van der Waals surface area contributed by atoms with Crippen molar-refractivity contribution in [2.75, 3.05) is 19.7 Å². The number of carbonyl (C=O) groups excluding carboxylic acids is 1. The van der Waals surface area contributed by atoms with Crippen LogP contribution in [0.3, 0.4) is 0 Å². The summed E-state index contributed by atoms with van der Waals surface area (Å²) in [6.07, 6.45) is 0.924. The number of benzene rings is 1. The lowest BCUT2D eigenvalue weighted by molar-refractivity contribution is -0.0230. The minimum atomic E-state index is -0.318. The smallest absolute Gasteiger partial charge is 0.293 e. The molecule has 0 saturated carbocycles. The molecule has 3 rings (SSSR count). The highest BCUT2D eigenvalue weighted by Crippen LogP contribution is 2.14. The van der Waals surface area contributed by atoms with E-state index >= 15 is 0 Å². The van der Waals surface area contributed by atoms with E-state index in [9.17, 15) is 9.18 Å². The summed E-state index contributed by atoms with van der Waals surface area (Å²) < 4.78 is 20.2. The Morgan fingerprint density at radius 2 is 2.13 bits per heavy atom. The van der Waals surface area contributed by atoms with Crippen LogP contribution in [0.25, 0.3) is 5.69 Å². The fourth-order valence-electron chi connectivity index (χ4n) is 2.60. The Balaban J connectivity index is 1.82. The van der Waals surface area contributed by atoms with Gasteiger partial charge in [-0.15, -0.1) is 5.10 Å². The SMILES string of the molecule is CC[C@@H]1CN(C(=O)c2nc(C)n(-c3ccc(F)cc3)n2)CCO1. The second-order valence-electron chi connectivity index (χ2n) is 5.52. The predicted molar refractivity (Wildman–Crippen MR) is 82.0 cm³/mol. The zero-order chi connectivity index (χ0) is 16.4. The second kappa shape index (κ2) is 6.45. The fourth-order valence-corrected chi connectivity index (χ4v) is 2.60. The van der Waals surface area contributed by atoms with Crippen LogP contribution in [-0.2, 0) is 4.74 Å². The Labute approximate surface area is 133 Å². The maximum Gasteiger partial charge on any atom is 0.293 e. The molecule has 23 heavy (non-hydrogen) atoms. The van der Waals surface area contributed by atoms with E-state index in [0.29, 0.717) is 31.2 Å². The average Bonchev–Trinajstić information content (AvgIpc) is 2.97. The zero-order valence-electron chi connectivity index (χ0n) is 13.2. The van der Waals surface area contributed by atoms with E-state index in [0.717, 1.165) is 6.42 Å². The number of hydrogen-bond acceptors (Lipinski definition) is 4. The van der Waals surface area contributed by atoms with Crippen LogP contribution in [0.15, 0.2) is 24.3 Å².